The molecule has 0 saturated carbocycles. The van der Waals surface area contributed by atoms with Gasteiger partial charge >= 0.3 is 0 Å². The van der Waals surface area contributed by atoms with Gasteiger partial charge in [0.1, 0.15) is 5.75 Å². The quantitative estimate of drug-likeness (QED) is 0.680. The molecule has 130 valence electrons. The number of H-pyrrole nitrogens is 1. The van der Waals surface area contributed by atoms with E-state index in [1.807, 2.05) is 18.5 Å². The van der Waals surface area contributed by atoms with E-state index in [9.17, 15) is 0 Å². The second-order valence-corrected chi connectivity index (χ2v) is 6.63. The molecule has 3 heterocycles. The highest BCUT2D eigenvalue weighted by Gasteiger charge is 2.16. The fraction of sp³-hybridized carbons (Fsp3) is 0.350. The normalized spacial score (nSPS) is 15.4. The van der Waals surface area contributed by atoms with Crippen LogP contribution >= 0.6 is 0 Å². The number of aromatic nitrogens is 2. The number of hydrogen-bond donors (Lipinski definition) is 3. The summed E-state index contributed by atoms with van der Waals surface area (Å²) >= 11 is 0. The molecule has 4 rings (SSSR count). The second-order valence-electron chi connectivity index (χ2n) is 6.63. The number of anilines is 1. The highest BCUT2D eigenvalue weighted by atomic mass is 16.5. The number of pyridine rings is 1. The number of benzene rings is 1. The van der Waals surface area contributed by atoms with Gasteiger partial charge in [0.25, 0.3) is 0 Å². The Morgan fingerprint density at radius 1 is 1.20 bits per heavy atom. The van der Waals surface area contributed by atoms with E-state index >= 15 is 0 Å². The van der Waals surface area contributed by atoms with Gasteiger partial charge in [-0.3, -0.25) is 4.98 Å². The first-order valence-electron chi connectivity index (χ1n) is 8.84. The van der Waals surface area contributed by atoms with Crippen molar-refractivity contribution in [1.29, 1.82) is 0 Å². The van der Waals surface area contributed by atoms with Crippen molar-refractivity contribution in [3.8, 4) is 17.0 Å². The van der Waals surface area contributed by atoms with Crippen molar-refractivity contribution in [3.63, 3.8) is 0 Å². The Bertz CT molecular complexity index is 881. The van der Waals surface area contributed by atoms with Gasteiger partial charge in [0.15, 0.2) is 0 Å². The topological polar surface area (TPSA) is 62.0 Å². The van der Waals surface area contributed by atoms with Gasteiger partial charge in [0.2, 0.25) is 0 Å². The zero-order valence-electron chi connectivity index (χ0n) is 14.7. The van der Waals surface area contributed by atoms with Crippen LogP contribution in [-0.4, -0.2) is 36.2 Å². The van der Waals surface area contributed by atoms with E-state index in [1.54, 1.807) is 7.11 Å². The van der Waals surface area contributed by atoms with Crippen LogP contribution < -0.4 is 15.4 Å². The molecule has 5 heteroatoms. The maximum atomic E-state index is 5.69. The molecule has 0 radical (unpaired) electrons. The summed E-state index contributed by atoms with van der Waals surface area (Å²) in [5, 5.41) is 8.23. The summed E-state index contributed by atoms with van der Waals surface area (Å²) in [7, 11) is 1.73. The Morgan fingerprint density at radius 2 is 2.04 bits per heavy atom. The van der Waals surface area contributed by atoms with E-state index in [0.717, 1.165) is 54.1 Å². The third-order valence-corrected chi connectivity index (χ3v) is 5.04. The summed E-state index contributed by atoms with van der Waals surface area (Å²) < 4.78 is 5.69. The highest BCUT2D eigenvalue weighted by molar-refractivity contribution is 5.91. The van der Waals surface area contributed by atoms with Crippen LogP contribution in [0, 0.1) is 6.92 Å². The first kappa shape index (κ1) is 16.0. The molecule has 0 amide bonds. The number of ether oxygens (including phenoxy) is 1. The summed E-state index contributed by atoms with van der Waals surface area (Å²) in [5.41, 5.74) is 5.55. The van der Waals surface area contributed by atoms with Crippen LogP contribution in [0.1, 0.15) is 18.4 Å². The lowest BCUT2D eigenvalue weighted by Crippen LogP contribution is -2.35. The first-order chi connectivity index (χ1) is 12.3. The SMILES string of the molecule is COc1cc(NC2CCNCC2)ccc1-c1[nH]c2cnccc2c1C. The molecule has 0 bridgehead atoms. The monoisotopic (exact) mass is 336 g/mol. The number of methoxy groups -OCH3 is 1. The largest absolute Gasteiger partial charge is 0.496 e. The molecular formula is C20H24N4O. The summed E-state index contributed by atoms with van der Waals surface area (Å²) in [5.74, 6) is 0.876. The second kappa shape index (κ2) is 6.76. The minimum atomic E-state index is 0.526. The Kier molecular flexibility index (Phi) is 4.32. The van der Waals surface area contributed by atoms with Crippen molar-refractivity contribution in [1.82, 2.24) is 15.3 Å². The van der Waals surface area contributed by atoms with Gasteiger partial charge in [-0.1, -0.05) is 0 Å². The third kappa shape index (κ3) is 3.07. The van der Waals surface area contributed by atoms with E-state index in [2.05, 4.69) is 45.7 Å². The van der Waals surface area contributed by atoms with Crippen LogP contribution in [-0.2, 0) is 0 Å². The molecule has 0 spiro atoms. The minimum Gasteiger partial charge on any atom is -0.496 e. The smallest absolute Gasteiger partial charge is 0.130 e. The van der Waals surface area contributed by atoms with Gasteiger partial charge in [-0.05, 0) is 56.6 Å². The zero-order valence-corrected chi connectivity index (χ0v) is 14.7. The number of aryl methyl sites for hydroxylation is 1. The van der Waals surface area contributed by atoms with Crippen molar-refractivity contribution in [3.05, 3.63) is 42.2 Å². The van der Waals surface area contributed by atoms with Gasteiger partial charge in [-0.25, -0.2) is 0 Å². The van der Waals surface area contributed by atoms with Gasteiger partial charge in [0.05, 0.1) is 24.5 Å². The molecule has 1 aromatic carbocycles. The van der Waals surface area contributed by atoms with E-state index < -0.39 is 0 Å². The number of nitrogens with one attached hydrogen (secondary N) is 3. The van der Waals surface area contributed by atoms with Crippen LogP contribution in [0.15, 0.2) is 36.7 Å². The highest BCUT2D eigenvalue weighted by Crippen LogP contribution is 2.36. The van der Waals surface area contributed by atoms with Gasteiger partial charge in [-0.2, -0.15) is 0 Å². The van der Waals surface area contributed by atoms with E-state index in [0.29, 0.717) is 6.04 Å². The molecule has 0 unspecified atom stereocenters. The van der Waals surface area contributed by atoms with Crippen LogP contribution in [0.5, 0.6) is 5.75 Å². The fourth-order valence-corrected chi connectivity index (χ4v) is 3.64. The average Bonchev–Trinajstić information content (AvgIpc) is 2.99. The zero-order chi connectivity index (χ0) is 17.2. The van der Waals surface area contributed by atoms with Gasteiger partial charge in [-0.15, -0.1) is 0 Å². The van der Waals surface area contributed by atoms with Crippen molar-refractivity contribution in [2.75, 3.05) is 25.5 Å². The number of aromatic amines is 1. The van der Waals surface area contributed by atoms with Crippen molar-refractivity contribution >= 4 is 16.6 Å². The molecule has 1 saturated heterocycles. The Morgan fingerprint density at radius 3 is 2.80 bits per heavy atom. The molecule has 0 aliphatic carbocycles. The minimum absolute atomic E-state index is 0.526. The Hall–Kier alpha value is -2.53. The molecule has 1 fully saturated rings. The fourth-order valence-electron chi connectivity index (χ4n) is 3.64. The Balaban J connectivity index is 1.68. The Labute approximate surface area is 147 Å². The summed E-state index contributed by atoms with van der Waals surface area (Å²) in [4.78, 5) is 7.69. The molecular weight excluding hydrogens is 312 g/mol. The molecule has 1 aliphatic heterocycles. The number of fused-ring (bicyclic) bond motifs is 1. The van der Waals surface area contributed by atoms with Crippen molar-refractivity contribution in [2.24, 2.45) is 0 Å². The number of hydrogen-bond acceptors (Lipinski definition) is 4. The standard InChI is InChI=1S/C20H24N4O/c1-13-16-7-10-22-12-18(16)24-20(13)17-4-3-15(11-19(17)25-2)23-14-5-8-21-9-6-14/h3-4,7,10-12,14,21,23-24H,5-6,8-9H2,1-2H3. The van der Waals surface area contributed by atoms with Crippen LogP contribution in [0.3, 0.4) is 0 Å². The lowest BCUT2D eigenvalue weighted by Gasteiger charge is -2.25. The van der Waals surface area contributed by atoms with Crippen LogP contribution in [0.4, 0.5) is 5.69 Å². The molecule has 3 aromatic rings. The van der Waals surface area contributed by atoms with Gasteiger partial charge in [0, 0.05) is 34.9 Å². The average molecular weight is 336 g/mol. The third-order valence-electron chi connectivity index (χ3n) is 5.04. The van der Waals surface area contributed by atoms with E-state index in [1.165, 1.54) is 10.9 Å². The van der Waals surface area contributed by atoms with Crippen LogP contribution in [0.2, 0.25) is 0 Å². The summed E-state index contributed by atoms with van der Waals surface area (Å²) in [6.07, 6.45) is 6.00. The number of piperidine rings is 1. The number of rotatable bonds is 4. The first-order valence-corrected chi connectivity index (χ1v) is 8.84. The van der Waals surface area contributed by atoms with Crippen molar-refractivity contribution < 1.29 is 4.74 Å². The molecule has 25 heavy (non-hydrogen) atoms. The maximum Gasteiger partial charge on any atom is 0.130 e. The molecule has 3 N–H and O–H groups in total. The summed E-state index contributed by atoms with van der Waals surface area (Å²) in [6.45, 7) is 4.29. The molecule has 2 aromatic heterocycles. The lowest BCUT2D eigenvalue weighted by molar-refractivity contribution is 0.416. The summed E-state index contributed by atoms with van der Waals surface area (Å²) in [6, 6.07) is 8.94. The molecule has 1 aliphatic rings. The molecule has 5 nitrogen and oxygen atoms in total. The van der Waals surface area contributed by atoms with Crippen molar-refractivity contribution in [2.45, 2.75) is 25.8 Å². The van der Waals surface area contributed by atoms with Gasteiger partial charge < -0.3 is 20.4 Å². The molecule has 0 atom stereocenters. The maximum absolute atomic E-state index is 5.69. The van der Waals surface area contributed by atoms with Crippen LogP contribution in [0.25, 0.3) is 22.2 Å². The van der Waals surface area contributed by atoms with E-state index in [4.69, 9.17) is 4.74 Å². The number of nitrogens with zero attached hydrogens (tertiary/aromatic N) is 1. The predicted octanol–water partition coefficient (Wildman–Crippen LogP) is 3.71. The van der Waals surface area contributed by atoms with E-state index in [-0.39, 0.29) is 0 Å². The lowest BCUT2D eigenvalue weighted by atomic mass is 10.0. The predicted molar refractivity (Wildman–Crippen MR) is 102 cm³/mol.